The summed E-state index contributed by atoms with van der Waals surface area (Å²) in [6, 6.07) is 3.93. The molecule has 1 fully saturated rings. The average molecular weight is 384 g/mol. The van der Waals surface area contributed by atoms with E-state index in [-0.39, 0.29) is 18.8 Å². The van der Waals surface area contributed by atoms with Crippen LogP contribution < -0.4 is 5.32 Å². The summed E-state index contributed by atoms with van der Waals surface area (Å²) < 4.78 is 37.5. The first kappa shape index (κ1) is 20.5. The number of carboxylic acids is 1. The third-order valence-electron chi connectivity index (χ3n) is 4.55. The van der Waals surface area contributed by atoms with Crippen LogP contribution in [0.4, 0.5) is 18.9 Å². The highest BCUT2D eigenvalue weighted by Gasteiger charge is 2.37. The minimum atomic E-state index is -4.46. The van der Waals surface area contributed by atoms with Crippen molar-refractivity contribution in [3.8, 4) is 0 Å². The van der Waals surface area contributed by atoms with Crippen molar-refractivity contribution in [2.75, 3.05) is 18.4 Å². The Hall–Kier alpha value is -2.84. The van der Waals surface area contributed by atoms with E-state index in [1.165, 1.54) is 4.90 Å². The Morgan fingerprint density at radius 1 is 1.11 bits per heavy atom. The maximum atomic E-state index is 12.5. The van der Waals surface area contributed by atoms with Crippen LogP contribution in [0.5, 0.6) is 0 Å². The molecule has 146 valence electrons. The van der Waals surface area contributed by atoms with Gasteiger partial charge in [-0.1, -0.05) is 0 Å². The van der Waals surface area contributed by atoms with E-state index in [0.717, 1.165) is 36.4 Å². The van der Waals surface area contributed by atoms with E-state index in [2.05, 4.69) is 5.32 Å². The van der Waals surface area contributed by atoms with Crippen molar-refractivity contribution in [3.05, 3.63) is 42.0 Å². The molecule has 0 unspecified atom stereocenters. The summed E-state index contributed by atoms with van der Waals surface area (Å²) in [7, 11) is 0. The third-order valence-corrected chi connectivity index (χ3v) is 4.55. The summed E-state index contributed by atoms with van der Waals surface area (Å²) in [6.45, 7) is 2.17. The predicted octanol–water partition coefficient (Wildman–Crippen LogP) is 2.91. The summed E-state index contributed by atoms with van der Waals surface area (Å²) in [5.74, 6) is -1.98. The molecule has 0 radical (unpaired) electrons. The van der Waals surface area contributed by atoms with Crippen LogP contribution in [-0.2, 0) is 20.6 Å². The molecule has 0 atom stereocenters. The number of carboxylic acid groups (broad SMARTS) is 1. The number of nitrogens with one attached hydrogen (secondary N) is 1. The normalized spacial score (nSPS) is 17.0. The second kappa shape index (κ2) is 7.81. The Kier molecular flexibility index (Phi) is 5.92. The topological polar surface area (TPSA) is 86.7 Å². The molecule has 1 aliphatic rings. The van der Waals surface area contributed by atoms with E-state index >= 15 is 0 Å². The molecule has 0 saturated carbocycles. The molecular weight excluding hydrogens is 365 g/mol. The zero-order valence-corrected chi connectivity index (χ0v) is 14.5. The van der Waals surface area contributed by atoms with Gasteiger partial charge in [0.1, 0.15) is 0 Å². The summed E-state index contributed by atoms with van der Waals surface area (Å²) in [6.07, 6.45) is -1.77. The van der Waals surface area contributed by atoms with Crippen LogP contribution in [0.25, 0.3) is 0 Å². The molecular formula is C18H19F3N2O4. The van der Waals surface area contributed by atoms with Crippen LogP contribution >= 0.6 is 0 Å². The molecule has 0 aliphatic carbocycles. The second-order valence-electron chi connectivity index (χ2n) is 6.59. The van der Waals surface area contributed by atoms with Crippen molar-refractivity contribution in [3.63, 3.8) is 0 Å². The molecule has 1 aromatic rings. The second-order valence-corrected chi connectivity index (χ2v) is 6.59. The molecule has 1 aliphatic heterocycles. The number of benzene rings is 1. The number of anilines is 1. The Bertz CT molecular complexity index is 749. The van der Waals surface area contributed by atoms with Gasteiger partial charge in [0.15, 0.2) is 0 Å². The summed E-state index contributed by atoms with van der Waals surface area (Å²) in [4.78, 5) is 36.5. The number of hydrogen-bond acceptors (Lipinski definition) is 3. The fourth-order valence-electron chi connectivity index (χ4n) is 2.61. The van der Waals surface area contributed by atoms with Gasteiger partial charge in [-0.15, -0.1) is 0 Å². The Morgan fingerprint density at radius 3 is 2.15 bits per heavy atom. The van der Waals surface area contributed by atoms with Gasteiger partial charge in [0.25, 0.3) is 0 Å². The van der Waals surface area contributed by atoms with Gasteiger partial charge in [-0.3, -0.25) is 14.4 Å². The Balaban J connectivity index is 1.87. The smallest absolute Gasteiger partial charge is 0.416 e. The number of piperidine rings is 1. The molecule has 9 heteroatoms. The van der Waals surface area contributed by atoms with Crippen molar-refractivity contribution in [2.24, 2.45) is 5.41 Å². The largest absolute Gasteiger partial charge is 0.481 e. The number of alkyl halides is 3. The molecule has 0 bridgehead atoms. The minimum Gasteiger partial charge on any atom is -0.481 e. The summed E-state index contributed by atoms with van der Waals surface area (Å²) in [5.41, 5.74) is -1.52. The van der Waals surface area contributed by atoms with Crippen LogP contribution in [0, 0.1) is 5.41 Å². The van der Waals surface area contributed by atoms with Crippen molar-refractivity contribution in [1.29, 1.82) is 0 Å². The molecule has 1 heterocycles. The number of hydrogen-bond donors (Lipinski definition) is 2. The summed E-state index contributed by atoms with van der Waals surface area (Å²) in [5, 5.41) is 11.5. The van der Waals surface area contributed by atoms with Crippen LogP contribution in [-0.4, -0.2) is 40.9 Å². The molecule has 2 N–H and O–H groups in total. The lowest BCUT2D eigenvalue weighted by Gasteiger charge is -2.35. The van der Waals surface area contributed by atoms with Gasteiger partial charge in [-0.05, 0) is 44.0 Å². The van der Waals surface area contributed by atoms with E-state index in [1.807, 2.05) is 0 Å². The molecule has 1 saturated heterocycles. The maximum absolute atomic E-state index is 12.5. The monoisotopic (exact) mass is 384 g/mol. The fourth-order valence-corrected chi connectivity index (χ4v) is 2.61. The van der Waals surface area contributed by atoms with E-state index in [0.29, 0.717) is 12.8 Å². The van der Waals surface area contributed by atoms with Crippen LogP contribution in [0.2, 0.25) is 0 Å². The number of halogens is 3. The van der Waals surface area contributed by atoms with E-state index < -0.39 is 34.9 Å². The van der Waals surface area contributed by atoms with Gasteiger partial charge in [-0.25, -0.2) is 0 Å². The Labute approximate surface area is 153 Å². The number of nitrogens with zero attached hydrogens (tertiary/aromatic N) is 1. The molecule has 0 aromatic heterocycles. The standard InChI is InChI=1S/C18H19F3N2O4/c1-17(16(26)27)8-10-23(11-9-17)15(25)7-6-14(24)22-13-4-2-12(3-5-13)18(19,20)21/h2-7H,8-11H2,1H3,(H,22,24)(H,26,27)/b7-6+. The zero-order chi connectivity index (χ0) is 20.2. The van der Waals surface area contributed by atoms with Gasteiger partial charge in [-0.2, -0.15) is 13.2 Å². The number of amides is 2. The SMILES string of the molecule is CC1(C(=O)O)CCN(C(=O)/C=C/C(=O)Nc2ccc(C(F)(F)F)cc2)CC1. The number of carbonyl (C=O) groups is 3. The van der Waals surface area contributed by atoms with E-state index in [1.54, 1.807) is 6.92 Å². The zero-order valence-electron chi connectivity index (χ0n) is 14.5. The van der Waals surface area contributed by atoms with Gasteiger partial charge < -0.3 is 15.3 Å². The van der Waals surface area contributed by atoms with Crippen molar-refractivity contribution in [1.82, 2.24) is 4.90 Å². The molecule has 27 heavy (non-hydrogen) atoms. The lowest BCUT2D eigenvalue weighted by atomic mass is 9.80. The van der Waals surface area contributed by atoms with Crippen molar-refractivity contribution in [2.45, 2.75) is 25.9 Å². The van der Waals surface area contributed by atoms with Gasteiger partial charge in [0.2, 0.25) is 11.8 Å². The molecule has 6 nitrogen and oxygen atoms in total. The highest BCUT2D eigenvalue weighted by atomic mass is 19.4. The molecule has 2 amide bonds. The first-order valence-corrected chi connectivity index (χ1v) is 8.20. The molecule has 1 aromatic carbocycles. The van der Waals surface area contributed by atoms with Gasteiger partial charge >= 0.3 is 12.1 Å². The molecule has 2 rings (SSSR count). The average Bonchev–Trinajstić information content (AvgIpc) is 2.60. The highest BCUT2D eigenvalue weighted by molar-refractivity contribution is 6.03. The first-order valence-electron chi connectivity index (χ1n) is 8.20. The van der Waals surface area contributed by atoms with Gasteiger partial charge in [0.05, 0.1) is 11.0 Å². The number of aliphatic carboxylic acids is 1. The van der Waals surface area contributed by atoms with Crippen LogP contribution in [0.3, 0.4) is 0 Å². The van der Waals surface area contributed by atoms with Gasteiger partial charge in [0, 0.05) is 30.9 Å². The minimum absolute atomic E-state index is 0.167. The predicted molar refractivity (Wildman–Crippen MR) is 90.8 cm³/mol. The maximum Gasteiger partial charge on any atom is 0.416 e. The van der Waals surface area contributed by atoms with Crippen molar-refractivity contribution >= 4 is 23.5 Å². The summed E-state index contributed by atoms with van der Waals surface area (Å²) >= 11 is 0. The van der Waals surface area contributed by atoms with Crippen LogP contribution in [0.15, 0.2) is 36.4 Å². The van der Waals surface area contributed by atoms with Crippen LogP contribution in [0.1, 0.15) is 25.3 Å². The Morgan fingerprint density at radius 2 is 1.67 bits per heavy atom. The number of likely N-dealkylation sites (tertiary alicyclic amines) is 1. The lowest BCUT2D eigenvalue weighted by Crippen LogP contribution is -2.44. The number of carbonyl (C=O) groups excluding carboxylic acids is 2. The third kappa shape index (κ3) is 5.32. The van der Waals surface area contributed by atoms with E-state index in [9.17, 15) is 27.6 Å². The quantitative estimate of drug-likeness (QED) is 0.782. The molecule has 0 spiro atoms. The number of rotatable bonds is 4. The lowest BCUT2D eigenvalue weighted by molar-refractivity contribution is -0.152. The van der Waals surface area contributed by atoms with E-state index in [4.69, 9.17) is 5.11 Å². The van der Waals surface area contributed by atoms with Crippen molar-refractivity contribution < 1.29 is 32.7 Å². The first-order chi connectivity index (χ1) is 12.5. The fraction of sp³-hybridized carbons (Fsp3) is 0.389. The highest BCUT2D eigenvalue weighted by Crippen LogP contribution is 2.31.